The normalized spacial score (nSPS) is 15.5. The van der Waals surface area contributed by atoms with Crippen LogP contribution in [0, 0.1) is 12.8 Å². The number of H-pyrrole nitrogens is 2. The Hall–Kier alpha value is -4.61. The third-order valence-electron chi connectivity index (χ3n) is 7.49. The Morgan fingerprint density at radius 1 is 1.19 bits per heavy atom. The minimum Gasteiger partial charge on any atom is -0.404 e. The number of aromatic nitrogens is 6. The second-order valence-electron chi connectivity index (χ2n) is 10.4. The van der Waals surface area contributed by atoms with Crippen LogP contribution in [-0.2, 0) is 4.79 Å². The minimum atomic E-state index is -0.000415. The molecule has 0 aliphatic carbocycles. The summed E-state index contributed by atoms with van der Waals surface area (Å²) in [7, 11) is 0. The maximum absolute atomic E-state index is 12.7. The Balaban J connectivity index is 1.33. The fourth-order valence-corrected chi connectivity index (χ4v) is 6.17. The lowest BCUT2D eigenvalue weighted by atomic mass is 9.94. The summed E-state index contributed by atoms with van der Waals surface area (Å²) >= 11 is 1.69. The molecule has 0 saturated carbocycles. The van der Waals surface area contributed by atoms with E-state index in [1.54, 1.807) is 29.9 Å². The van der Waals surface area contributed by atoms with E-state index in [0.29, 0.717) is 29.5 Å². The molecule has 0 unspecified atom stereocenters. The van der Waals surface area contributed by atoms with Gasteiger partial charge in [0.05, 0.1) is 27.6 Å². The first-order chi connectivity index (χ1) is 20.5. The minimum absolute atomic E-state index is 0.000415. The smallest absolute Gasteiger partial charge is 0.224 e. The van der Waals surface area contributed by atoms with Gasteiger partial charge >= 0.3 is 0 Å². The van der Waals surface area contributed by atoms with Crippen LogP contribution in [-0.4, -0.2) is 49.1 Å². The number of nitrogens with two attached hydrogens (primary N) is 1. The fraction of sp³-hybridized carbons (Fsp3) is 0.258. The highest BCUT2D eigenvalue weighted by Crippen LogP contribution is 2.31. The number of hydrogen-bond acceptors (Lipinski definition) is 8. The molecule has 6 rings (SSSR count). The van der Waals surface area contributed by atoms with Gasteiger partial charge in [-0.2, -0.15) is 5.10 Å². The van der Waals surface area contributed by atoms with Crippen molar-refractivity contribution in [2.45, 2.75) is 33.1 Å². The number of aromatic amines is 2. The van der Waals surface area contributed by atoms with E-state index in [-0.39, 0.29) is 5.91 Å². The van der Waals surface area contributed by atoms with Gasteiger partial charge < -0.3 is 21.4 Å². The summed E-state index contributed by atoms with van der Waals surface area (Å²) in [4.78, 5) is 32.4. The van der Waals surface area contributed by atoms with E-state index in [4.69, 9.17) is 10.7 Å². The molecule has 6 heterocycles. The SMILES string of the molecule is C\C=c1/[nH]nc(-c2nc3c(-c4ccc(C)s4)nccc3[nH]2)/c1=C/C(=C\N)c1cncc(NC(=O)CC2CCNCC2)c1. The predicted molar refractivity (Wildman–Crippen MR) is 169 cm³/mol. The van der Waals surface area contributed by atoms with Gasteiger partial charge in [0.15, 0.2) is 5.82 Å². The molecule has 5 aromatic rings. The molecular weight excluding hydrogens is 546 g/mol. The van der Waals surface area contributed by atoms with E-state index in [0.717, 1.165) is 69.2 Å². The highest BCUT2D eigenvalue weighted by atomic mass is 32.1. The molecule has 0 radical (unpaired) electrons. The van der Waals surface area contributed by atoms with Crippen molar-refractivity contribution in [3.05, 3.63) is 70.1 Å². The van der Waals surface area contributed by atoms with E-state index < -0.39 is 0 Å². The molecule has 0 atom stereocenters. The maximum Gasteiger partial charge on any atom is 0.224 e. The molecule has 42 heavy (non-hydrogen) atoms. The number of nitrogens with zero attached hydrogens (tertiary/aromatic N) is 4. The van der Waals surface area contributed by atoms with Crippen LogP contribution >= 0.6 is 11.3 Å². The van der Waals surface area contributed by atoms with E-state index in [2.05, 4.69) is 54.8 Å². The standard InChI is InChI=1S/C31H33N9OS/c1-3-24-23(14-20(15-32)21-13-22(17-34-16-21)36-27(41)12-19-6-9-33-10-7-19)28(40-39-24)31-37-25-8-11-35-30(29(25)38-31)26-5-4-18(2)42-26/h3-5,8,11,13-17,19,33,39H,6-7,9-10,12,32H2,1-2H3,(H,36,41)(H,37,38)/b20-15+,23-14+,24-3-. The van der Waals surface area contributed by atoms with Crippen LogP contribution in [0.1, 0.15) is 36.6 Å². The first kappa shape index (κ1) is 27.6. The molecule has 10 nitrogen and oxygen atoms in total. The van der Waals surface area contributed by atoms with Crippen molar-refractivity contribution in [2.24, 2.45) is 11.7 Å². The van der Waals surface area contributed by atoms with Crippen molar-refractivity contribution in [3.63, 3.8) is 0 Å². The zero-order chi connectivity index (χ0) is 29.1. The van der Waals surface area contributed by atoms with Crippen molar-refractivity contribution in [3.8, 4) is 22.1 Å². The molecule has 0 bridgehead atoms. The van der Waals surface area contributed by atoms with Crippen LogP contribution in [0.15, 0.2) is 49.1 Å². The number of carbonyl (C=O) groups excluding carboxylic acids is 1. The second kappa shape index (κ2) is 12.1. The predicted octanol–water partition coefficient (Wildman–Crippen LogP) is 3.69. The number of imidazole rings is 1. The number of pyridine rings is 2. The molecule has 1 amide bonds. The maximum atomic E-state index is 12.7. The number of nitrogens with one attached hydrogen (secondary N) is 4. The van der Waals surface area contributed by atoms with E-state index >= 15 is 0 Å². The summed E-state index contributed by atoms with van der Waals surface area (Å²) in [6, 6.07) is 7.97. The van der Waals surface area contributed by atoms with Crippen molar-refractivity contribution < 1.29 is 4.79 Å². The monoisotopic (exact) mass is 579 g/mol. The number of rotatable bonds is 7. The van der Waals surface area contributed by atoms with Crippen LogP contribution in [0.5, 0.6) is 0 Å². The van der Waals surface area contributed by atoms with Crippen molar-refractivity contribution in [1.82, 2.24) is 35.5 Å². The van der Waals surface area contributed by atoms with Crippen LogP contribution in [0.2, 0.25) is 0 Å². The van der Waals surface area contributed by atoms with Gasteiger partial charge in [-0.25, -0.2) is 4.98 Å². The first-order valence-electron chi connectivity index (χ1n) is 14.0. The lowest BCUT2D eigenvalue weighted by molar-refractivity contribution is -0.117. The van der Waals surface area contributed by atoms with Crippen molar-refractivity contribution in [1.29, 1.82) is 0 Å². The fourth-order valence-electron chi connectivity index (χ4n) is 5.31. The van der Waals surface area contributed by atoms with Crippen molar-refractivity contribution in [2.75, 3.05) is 18.4 Å². The molecule has 1 fully saturated rings. The average Bonchev–Trinajstić information content (AvgIpc) is 3.74. The van der Waals surface area contributed by atoms with Gasteiger partial charge in [0, 0.05) is 40.7 Å². The lowest BCUT2D eigenvalue weighted by Gasteiger charge is -2.21. The van der Waals surface area contributed by atoms with Crippen LogP contribution in [0.4, 0.5) is 5.69 Å². The van der Waals surface area contributed by atoms with E-state index in [1.165, 1.54) is 11.1 Å². The molecular formula is C31H33N9OS. The number of amides is 1. The third kappa shape index (κ3) is 5.74. The number of aryl methyl sites for hydroxylation is 1. The number of piperidine rings is 1. The van der Waals surface area contributed by atoms with E-state index in [1.807, 2.05) is 31.2 Å². The Bertz CT molecular complexity index is 1890. The summed E-state index contributed by atoms with van der Waals surface area (Å²) in [5.41, 5.74) is 11.4. The average molecular weight is 580 g/mol. The molecule has 0 aromatic carbocycles. The highest BCUT2D eigenvalue weighted by Gasteiger charge is 2.18. The summed E-state index contributed by atoms with van der Waals surface area (Å²) in [6.45, 7) is 5.95. The summed E-state index contributed by atoms with van der Waals surface area (Å²) in [6.07, 6.45) is 13.2. The lowest BCUT2D eigenvalue weighted by Crippen LogP contribution is -2.30. The van der Waals surface area contributed by atoms with Gasteiger partial charge in [-0.3, -0.25) is 19.9 Å². The molecule has 0 spiro atoms. The summed E-state index contributed by atoms with van der Waals surface area (Å²) in [5.74, 6) is 1.02. The van der Waals surface area contributed by atoms with Crippen LogP contribution in [0.25, 0.3) is 50.8 Å². The summed E-state index contributed by atoms with van der Waals surface area (Å²) in [5, 5.41) is 15.7. The molecule has 6 N–H and O–H groups in total. The number of carbonyl (C=O) groups is 1. The zero-order valence-electron chi connectivity index (χ0n) is 23.6. The molecule has 1 saturated heterocycles. The second-order valence-corrected chi connectivity index (χ2v) is 11.7. The Kier molecular flexibility index (Phi) is 7.93. The number of fused-ring (bicyclic) bond motifs is 1. The molecule has 5 aromatic heterocycles. The molecule has 1 aliphatic rings. The molecule has 214 valence electrons. The van der Waals surface area contributed by atoms with E-state index in [9.17, 15) is 4.79 Å². The van der Waals surface area contributed by atoms with Crippen molar-refractivity contribution >= 4 is 51.7 Å². The highest BCUT2D eigenvalue weighted by molar-refractivity contribution is 7.15. The topological polar surface area (TPSA) is 150 Å². The largest absolute Gasteiger partial charge is 0.404 e. The number of hydrogen-bond donors (Lipinski definition) is 5. The zero-order valence-corrected chi connectivity index (χ0v) is 24.4. The van der Waals surface area contributed by atoms with Gasteiger partial charge in [0.2, 0.25) is 5.91 Å². The summed E-state index contributed by atoms with van der Waals surface area (Å²) < 4.78 is 0. The Morgan fingerprint density at radius 2 is 2.05 bits per heavy atom. The van der Waals surface area contributed by atoms with Gasteiger partial charge in [0.25, 0.3) is 0 Å². The third-order valence-corrected chi connectivity index (χ3v) is 8.50. The number of anilines is 1. The van der Waals surface area contributed by atoms with Gasteiger partial charge in [-0.05, 0) is 81.6 Å². The number of allylic oxidation sites excluding steroid dienone is 1. The quantitative estimate of drug-likeness (QED) is 0.197. The van der Waals surface area contributed by atoms with Gasteiger partial charge in [-0.1, -0.05) is 6.08 Å². The first-order valence-corrected chi connectivity index (χ1v) is 14.9. The van der Waals surface area contributed by atoms with Crippen LogP contribution in [0.3, 0.4) is 0 Å². The van der Waals surface area contributed by atoms with Crippen LogP contribution < -0.4 is 26.9 Å². The van der Waals surface area contributed by atoms with Gasteiger partial charge in [-0.15, -0.1) is 11.3 Å². The Labute approximate surface area is 246 Å². The van der Waals surface area contributed by atoms with Gasteiger partial charge in [0.1, 0.15) is 16.9 Å². The molecule has 11 heteroatoms. The molecule has 1 aliphatic heterocycles. The Morgan fingerprint density at radius 3 is 2.81 bits per heavy atom. The number of thiophene rings is 1.